The van der Waals surface area contributed by atoms with Crippen LogP contribution in [0.5, 0.6) is 5.75 Å². The number of rotatable bonds is 5. The average Bonchev–Trinajstić information content (AvgIpc) is 2.71. The third-order valence-corrected chi connectivity index (χ3v) is 5.28. The fraction of sp³-hybridized carbons (Fsp3) is 0.409. The van der Waals surface area contributed by atoms with Crippen LogP contribution in [0.25, 0.3) is 0 Å². The van der Waals surface area contributed by atoms with Gasteiger partial charge in [0.05, 0.1) is 11.6 Å². The number of piperidine rings is 1. The second-order valence-electron chi connectivity index (χ2n) is 7.24. The second-order valence-corrected chi connectivity index (χ2v) is 7.24. The number of nitrogens with zero attached hydrogens (tertiary/aromatic N) is 3. The summed E-state index contributed by atoms with van der Waals surface area (Å²) in [5.74, 6) is 0.749. The summed E-state index contributed by atoms with van der Waals surface area (Å²) in [7, 11) is 1.74. The molecule has 1 saturated heterocycles. The molecule has 1 amide bonds. The number of hydrogen-bond acceptors (Lipinski definition) is 4. The zero-order valence-corrected chi connectivity index (χ0v) is 16.4. The van der Waals surface area contributed by atoms with Crippen LogP contribution in [0.2, 0.25) is 0 Å². The van der Waals surface area contributed by atoms with Crippen molar-refractivity contribution in [3.8, 4) is 11.8 Å². The highest BCUT2D eigenvalue weighted by atomic mass is 16.5. The summed E-state index contributed by atoms with van der Waals surface area (Å²) in [6, 6.07) is 12.8. The van der Waals surface area contributed by atoms with Gasteiger partial charge in [-0.05, 0) is 37.1 Å². The van der Waals surface area contributed by atoms with Crippen LogP contribution >= 0.6 is 0 Å². The Morgan fingerprint density at radius 1 is 1.21 bits per heavy atom. The van der Waals surface area contributed by atoms with Gasteiger partial charge < -0.3 is 14.2 Å². The van der Waals surface area contributed by atoms with Gasteiger partial charge in [0.15, 0.2) is 0 Å². The maximum atomic E-state index is 12.5. The van der Waals surface area contributed by atoms with Crippen LogP contribution in [-0.2, 0) is 18.3 Å². The van der Waals surface area contributed by atoms with E-state index in [1.807, 2.05) is 30.0 Å². The van der Waals surface area contributed by atoms with E-state index < -0.39 is 0 Å². The summed E-state index contributed by atoms with van der Waals surface area (Å²) in [6.45, 7) is 3.21. The highest BCUT2D eigenvalue weighted by Gasteiger charge is 2.24. The van der Waals surface area contributed by atoms with E-state index in [9.17, 15) is 9.59 Å². The molecule has 0 unspecified atom stereocenters. The molecule has 0 saturated carbocycles. The standard InChI is InChI=1S/C22H25N3O3/c1-16-13-20(14-22(27)24(16)2)28-19-9-11-25(12-10-19)21(26)8-7-17-3-5-18(15-23)6-4-17/h3-6,13-14,19H,7-12H2,1-2H3. The topological polar surface area (TPSA) is 75.3 Å². The lowest BCUT2D eigenvalue weighted by Gasteiger charge is -2.32. The number of nitriles is 1. The Morgan fingerprint density at radius 2 is 1.89 bits per heavy atom. The van der Waals surface area contributed by atoms with Gasteiger partial charge in [0.2, 0.25) is 5.91 Å². The van der Waals surface area contributed by atoms with E-state index in [-0.39, 0.29) is 17.6 Å². The summed E-state index contributed by atoms with van der Waals surface area (Å²) >= 11 is 0. The van der Waals surface area contributed by atoms with Crippen LogP contribution in [0.1, 0.15) is 36.1 Å². The molecule has 2 heterocycles. The molecule has 28 heavy (non-hydrogen) atoms. The minimum atomic E-state index is -0.0783. The summed E-state index contributed by atoms with van der Waals surface area (Å²) in [5, 5.41) is 8.83. The highest BCUT2D eigenvalue weighted by molar-refractivity contribution is 5.76. The monoisotopic (exact) mass is 379 g/mol. The Morgan fingerprint density at radius 3 is 2.50 bits per heavy atom. The number of carbonyl (C=O) groups is 1. The molecule has 0 aliphatic carbocycles. The van der Waals surface area contributed by atoms with Crippen LogP contribution in [0, 0.1) is 18.3 Å². The normalized spacial score (nSPS) is 14.5. The molecule has 1 aromatic heterocycles. The van der Waals surface area contributed by atoms with Gasteiger partial charge in [-0.2, -0.15) is 5.26 Å². The van der Waals surface area contributed by atoms with Crippen molar-refractivity contribution in [2.75, 3.05) is 13.1 Å². The fourth-order valence-electron chi connectivity index (χ4n) is 3.38. The van der Waals surface area contributed by atoms with Gasteiger partial charge in [-0.25, -0.2) is 0 Å². The van der Waals surface area contributed by atoms with Crippen LogP contribution in [0.3, 0.4) is 0 Å². The quantitative estimate of drug-likeness (QED) is 0.800. The first kappa shape index (κ1) is 19.7. The molecule has 146 valence electrons. The fourth-order valence-corrected chi connectivity index (χ4v) is 3.38. The van der Waals surface area contributed by atoms with Crippen molar-refractivity contribution in [1.29, 1.82) is 5.26 Å². The Kier molecular flexibility index (Phi) is 6.15. The zero-order valence-electron chi connectivity index (χ0n) is 16.4. The predicted octanol–water partition coefficient (Wildman–Crippen LogP) is 2.57. The van der Waals surface area contributed by atoms with Crippen LogP contribution in [0.15, 0.2) is 41.2 Å². The van der Waals surface area contributed by atoms with Crippen molar-refractivity contribution in [2.45, 2.75) is 38.7 Å². The number of pyridine rings is 1. The van der Waals surface area contributed by atoms with Crippen LogP contribution in [0.4, 0.5) is 0 Å². The lowest BCUT2D eigenvalue weighted by atomic mass is 10.0. The Bertz CT molecular complexity index is 933. The largest absolute Gasteiger partial charge is 0.490 e. The summed E-state index contributed by atoms with van der Waals surface area (Å²) in [6.07, 6.45) is 2.68. The molecule has 6 heteroatoms. The number of ether oxygens (including phenoxy) is 1. The second kappa shape index (κ2) is 8.75. The highest BCUT2D eigenvalue weighted by Crippen LogP contribution is 2.19. The van der Waals surface area contributed by atoms with E-state index in [1.165, 1.54) is 6.07 Å². The predicted molar refractivity (Wildman–Crippen MR) is 106 cm³/mol. The molecule has 0 atom stereocenters. The van der Waals surface area contributed by atoms with Crippen molar-refractivity contribution in [3.05, 3.63) is 63.6 Å². The lowest BCUT2D eigenvalue weighted by molar-refractivity contribution is -0.132. The molecule has 1 fully saturated rings. The Hall–Kier alpha value is -3.07. The lowest BCUT2D eigenvalue weighted by Crippen LogP contribution is -2.42. The first-order valence-corrected chi connectivity index (χ1v) is 9.57. The summed E-state index contributed by atoms with van der Waals surface area (Å²) < 4.78 is 7.56. The molecule has 0 radical (unpaired) electrons. The third-order valence-electron chi connectivity index (χ3n) is 5.28. The minimum Gasteiger partial charge on any atom is -0.490 e. The van der Waals surface area contributed by atoms with E-state index in [2.05, 4.69) is 6.07 Å². The van der Waals surface area contributed by atoms with E-state index in [0.29, 0.717) is 37.2 Å². The average molecular weight is 379 g/mol. The number of carbonyl (C=O) groups excluding carboxylic acids is 1. The molecule has 0 bridgehead atoms. The number of likely N-dealkylation sites (tertiary alicyclic amines) is 1. The minimum absolute atomic E-state index is 0.0223. The van der Waals surface area contributed by atoms with Gasteiger partial charge in [0.25, 0.3) is 5.56 Å². The van der Waals surface area contributed by atoms with Gasteiger partial charge >= 0.3 is 0 Å². The third kappa shape index (κ3) is 4.80. The molecule has 1 aromatic carbocycles. The zero-order chi connectivity index (χ0) is 20.1. The Balaban J connectivity index is 1.47. The Labute approximate surface area is 165 Å². The number of benzene rings is 1. The van der Waals surface area contributed by atoms with E-state index in [4.69, 9.17) is 10.00 Å². The van der Waals surface area contributed by atoms with E-state index >= 15 is 0 Å². The first-order chi connectivity index (χ1) is 13.5. The molecule has 2 aromatic rings. The van der Waals surface area contributed by atoms with Crippen molar-refractivity contribution in [3.63, 3.8) is 0 Å². The van der Waals surface area contributed by atoms with Crippen molar-refractivity contribution in [1.82, 2.24) is 9.47 Å². The summed E-state index contributed by atoms with van der Waals surface area (Å²) in [4.78, 5) is 26.2. The van der Waals surface area contributed by atoms with Crippen LogP contribution in [-0.4, -0.2) is 34.6 Å². The van der Waals surface area contributed by atoms with Gasteiger partial charge in [0, 0.05) is 51.2 Å². The molecule has 1 aliphatic rings. The van der Waals surface area contributed by atoms with Gasteiger partial charge in [-0.3, -0.25) is 9.59 Å². The maximum Gasteiger partial charge on any atom is 0.254 e. The number of amides is 1. The van der Waals surface area contributed by atoms with E-state index in [0.717, 1.165) is 24.1 Å². The first-order valence-electron chi connectivity index (χ1n) is 9.57. The number of aryl methyl sites for hydroxylation is 2. The number of aromatic nitrogens is 1. The molecule has 3 rings (SSSR count). The van der Waals surface area contributed by atoms with Crippen molar-refractivity contribution < 1.29 is 9.53 Å². The van der Waals surface area contributed by atoms with Gasteiger partial charge in [-0.1, -0.05) is 12.1 Å². The molecule has 1 aliphatic heterocycles. The molecule has 6 nitrogen and oxygen atoms in total. The van der Waals surface area contributed by atoms with E-state index in [1.54, 1.807) is 23.7 Å². The maximum absolute atomic E-state index is 12.5. The molecular weight excluding hydrogens is 354 g/mol. The molecule has 0 spiro atoms. The van der Waals surface area contributed by atoms with Crippen molar-refractivity contribution >= 4 is 5.91 Å². The number of hydrogen-bond donors (Lipinski definition) is 0. The molecule has 0 N–H and O–H groups in total. The van der Waals surface area contributed by atoms with Gasteiger partial charge in [0.1, 0.15) is 11.9 Å². The smallest absolute Gasteiger partial charge is 0.254 e. The van der Waals surface area contributed by atoms with Crippen LogP contribution < -0.4 is 10.3 Å². The summed E-state index contributed by atoms with van der Waals surface area (Å²) in [5.41, 5.74) is 2.47. The van der Waals surface area contributed by atoms with Crippen molar-refractivity contribution in [2.24, 2.45) is 7.05 Å². The SMILES string of the molecule is Cc1cc(OC2CCN(C(=O)CCc3ccc(C#N)cc3)CC2)cc(=O)n1C. The van der Waals surface area contributed by atoms with Gasteiger partial charge in [-0.15, -0.1) is 0 Å². The molecular formula is C22H25N3O3.